The van der Waals surface area contributed by atoms with Crippen molar-refractivity contribution in [1.82, 2.24) is 15.1 Å². The maximum absolute atomic E-state index is 13.7. The largest absolute Gasteiger partial charge is 0.468 e. The monoisotopic (exact) mass is 519 g/mol. The number of likely N-dealkylation sites (N-methyl/N-ethyl adjacent to an activating group) is 1. The van der Waals surface area contributed by atoms with Gasteiger partial charge < -0.3 is 9.64 Å². The number of esters is 1. The van der Waals surface area contributed by atoms with Gasteiger partial charge in [-0.1, -0.05) is 70.2 Å². The van der Waals surface area contributed by atoms with E-state index in [4.69, 9.17) is 4.74 Å². The van der Waals surface area contributed by atoms with E-state index in [0.717, 1.165) is 11.1 Å². The lowest BCUT2D eigenvalue weighted by atomic mass is 9.78. The number of methoxy groups -OCH3 is 1. The third kappa shape index (κ3) is 4.73. The van der Waals surface area contributed by atoms with Gasteiger partial charge in [0.2, 0.25) is 11.8 Å². The van der Waals surface area contributed by atoms with Gasteiger partial charge in [0.25, 0.3) is 5.91 Å². The number of ether oxygens (including phenoxy) is 1. The zero-order valence-electron chi connectivity index (χ0n) is 23.0. The lowest BCUT2D eigenvalue weighted by molar-refractivity contribution is -0.154. The fourth-order valence-corrected chi connectivity index (χ4v) is 5.81. The minimum absolute atomic E-state index is 0.0331. The molecule has 0 unspecified atom stereocenters. The van der Waals surface area contributed by atoms with Crippen molar-refractivity contribution in [2.45, 2.75) is 57.7 Å². The summed E-state index contributed by atoms with van der Waals surface area (Å²) in [6, 6.07) is 16.2. The average Bonchev–Trinajstić information content (AvgIpc) is 3.37. The molecule has 0 aromatic heterocycles. The molecule has 0 spiro atoms. The van der Waals surface area contributed by atoms with Crippen LogP contribution < -0.4 is 5.32 Å². The van der Waals surface area contributed by atoms with Crippen molar-refractivity contribution in [3.8, 4) is 0 Å². The lowest BCUT2D eigenvalue weighted by Gasteiger charge is -2.32. The fourth-order valence-electron chi connectivity index (χ4n) is 5.81. The summed E-state index contributed by atoms with van der Waals surface area (Å²) in [5.74, 6) is -3.20. The summed E-state index contributed by atoms with van der Waals surface area (Å²) in [4.78, 5) is 56.5. The molecule has 0 bridgehead atoms. The SMILES string of the molecule is CC[C@@]1(C(=O)OC)N[C@H](CN(C)C(=O)c2ccc(C(C)(C)C)cc2)[C@@H]2C(=O)N(Cc3ccccc3)C(=O)[C@@H]21. The summed E-state index contributed by atoms with van der Waals surface area (Å²) in [5.41, 5.74) is 1.10. The molecule has 4 rings (SSSR count). The molecule has 38 heavy (non-hydrogen) atoms. The molecule has 202 valence electrons. The van der Waals surface area contributed by atoms with Gasteiger partial charge in [0.15, 0.2) is 0 Å². The predicted octanol–water partition coefficient (Wildman–Crippen LogP) is 3.15. The first-order valence-corrected chi connectivity index (χ1v) is 13.1. The van der Waals surface area contributed by atoms with Crippen molar-refractivity contribution < 1.29 is 23.9 Å². The van der Waals surface area contributed by atoms with E-state index in [9.17, 15) is 19.2 Å². The van der Waals surface area contributed by atoms with E-state index < -0.39 is 35.3 Å². The standard InChI is InChI=1S/C30H37N3O5/c1-7-30(28(37)38-6)24-23(26(35)33(27(24)36)17-19-11-9-8-10-12-19)22(31-30)18-32(5)25(34)20-13-15-21(16-14-20)29(2,3)4/h8-16,22-24,31H,7,17-18H2,1-6H3/t22-,23+,24-,30-/m1/s1. The number of nitrogens with one attached hydrogen (secondary N) is 1. The Morgan fingerprint density at radius 3 is 2.21 bits per heavy atom. The Morgan fingerprint density at radius 2 is 1.66 bits per heavy atom. The maximum atomic E-state index is 13.7. The molecular weight excluding hydrogens is 482 g/mol. The van der Waals surface area contributed by atoms with Crippen molar-refractivity contribution in [2.75, 3.05) is 20.7 Å². The van der Waals surface area contributed by atoms with Crippen LogP contribution >= 0.6 is 0 Å². The van der Waals surface area contributed by atoms with Gasteiger partial charge in [-0.2, -0.15) is 0 Å². The summed E-state index contributed by atoms with van der Waals surface area (Å²) in [5, 5.41) is 3.28. The Hall–Kier alpha value is -3.52. The Labute approximate surface area is 224 Å². The number of likely N-dealkylation sites (tertiary alicyclic amines) is 1. The minimum Gasteiger partial charge on any atom is -0.468 e. The van der Waals surface area contributed by atoms with E-state index in [1.54, 1.807) is 31.0 Å². The number of imide groups is 1. The molecule has 2 aliphatic rings. The van der Waals surface area contributed by atoms with Gasteiger partial charge in [0, 0.05) is 25.2 Å². The van der Waals surface area contributed by atoms with E-state index in [0.29, 0.717) is 5.56 Å². The number of carbonyl (C=O) groups excluding carboxylic acids is 4. The highest BCUT2D eigenvalue weighted by Crippen LogP contribution is 2.45. The number of benzene rings is 2. The van der Waals surface area contributed by atoms with Crippen LogP contribution in [0.1, 0.15) is 55.6 Å². The third-order valence-electron chi connectivity index (χ3n) is 7.96. The van der Waals surface area contributed by atoms with Crippen LogP contribution in [-0.4, -0.2) is 65.8 Å². The number of nitrogens with zero attached hydrogens (tertiary/aromatic N) is 2. The molecule has 2 saturated heterocycles. The van der Waals surface area contributed by atoms with Crippen LogP contribution in [0.25, 0.3) is 0 Å². The average molecular weight is 520 g/mol. The molecule has 2 fully saturated rings. The Bertz CT molecular complexity index is 1220. The molecule has 2 aromatic carbocycles. The van der Waals surface area contributed by atoms with Crippen LogP contribution in [0, 0.1) is 11.8 Å². The molecule has 8 heteroatoms. The molecule has 2 aromatic rings. The summed E-state index contributed by atoms with van der Waals surface area (Å²) in [6.45, 7) is 8.42. The molecule has 0 radical (unpaired) electrons. The summed E-state index contributed by atoms with van der Waals surface area (Å²) in [6.07, 6.45) is 0.265. The maximum Gasteiger partial charge on any atom is 0.326 e. The molecule has 4 atom stereocenters. The van der Waals surface area contributed by atoms with Crippen molar-refractivity contribution in [3.05, 3.63) is 71.3 Å². The van der Waals surface area contributed by atoms with E-state index in [2.05, 4.69) is 26.1 Å². The molecule has 0 aliphatic carbocycles. The smallest absolute Gasteiger partial charge is 0.326 e. The highest BCUT2D eigenvalue weighted by atomic mass is 16.5. The Balaban J connectivity index is 1.61. The van der Waals surface area contributed by atoms with Gasteiger partial charge in [0.05, 0.1) is 25.5 Å². The molecule has 2 aliphatic heterocycles. The molecule has 3 amide bonds. The highest BCUT2D eigenvalue weighted by molar-refractivity contribution is 6.09. The number of rotatable bonds is 7. The first-order valence-electron chi connectivity index (χ1n) is 13.1. The van der Waals surface area contributed by atoms with Gasteiger partial charge in [-0.15, -0.1) is 0 Å². The van der Waals surface area contributed by atoms with Crippen LogP contribution in [0.5, 0.6) is 0 Å². The van der Waals surface area contributed by atoms with Crippen LogP contribution in [0.2, 0.25) is 0 Å². The van der Waals surface area contributed by atoms with Gasteiger partial charge in [0.1, 0.15) is 5.54 Å². The first kappa shape index (κ1) is 27.5. The summed E-state index contributed by atoms with van der Waals surface area (Å²) < 4.78 is 5.12. The predicted molar refractivity (Wildman–Crippen MR) is 143 cm³/mol. The second-order valence-electron chi connectivity index (χ2n) is 11.3. The zero-order chi connectivity index (χ0) is 27.8. The van der Waals surface area contributed by atoms with E-state index in [-0.39, 0.29) is 36.7 Å². The number of hydrogen-bond acceptors (Lipinski definition) is 6. The second-order valence-corrected chi connectivity index (χ2v) is 11.3. The quantitative estimate of drug-likeness (QED) is 0.446. The summed E-state index contributed by atoms with van der Waals surface area (Å²) in [7, 11) is 2.95. The molecule has 2 heterocycles. The molecule has 1 N–H and O–H groups in total. The third-order valence-corrected chi connectivity index (χ3v) is 7.96. The van der Waals surface area contributed by atoms with Crippen LogP contribution in [0.4, 0.5) is 0 Å². The Kier molecular flexibility index (Phi) is 7.48. The zero-order valence-corrected chi connectivity index (χ0v) is 23.0. The van der Waals surface area contributed by atoms with Gasteiger partial charge >= 0.3 is 5.97 Å². The second kappa shape index (κ2) is 10.3. The van der Waals surface area contributed by atoms with Crippen molar-refractivity contribution in [1.29, 1.82) is 0 Å². The summed E-state index contributed by atoms with van der Waals surface area (Å²) >= 11 is 0. The number of carbonyl (C=O) groups is 4. The topological polar surface area (TPSA) is 96.0 Å². The van der Waals surface area contributed by atoms with E-state index in [1.165, 1.54) is 12.0 Å². The van der Waals surface area contributed by atoms with Crippen molar-refractivity contribution in [2.24, 2.45) is 11.8 Å². The molecule has 8 nitrogen and oxygen atoms in total. The number of fused-ring (bicyclic) bond motifs is 1. The minimum atomic E-state index is -1.35. The van der Waals surface area contributed by atoms with E-state index in [1.807, 2.05) is 42.5 Å². The number of hydrogen-bond donors (Lipinski definition) is 1. The lowest BCUT2D eigenvalue weighted by Crippen LogP contribution is -2.58. The first-order chi connectivity index (χ1) is 17.9. The fraction of sp³-hybridized carbons (Fsp3) is 0.467. The van der Waals surface area contributed by atoms with Gasteiger partial charge in [-0.05, 0) is 35.1 Å². The van der Waals surface area contributed by atoms with Crippen LogP contribution in [0.3, 0.4) is 0 Å². The van der Waals surface area contributed by atoms with Gasteiger partial charge in [-0.25, -0.2) is 0 Å². The van der Waals surface area contributed by atoms with Gasteiger partial charge in [-0.3, -0.25) is 29.4 Å². The Morgan fingerprint density at radius 1 is 1.03 bits per heavy atom. The number of amides is 3. The van der Waals surface area contributed by atoms with Crippen molar-refractivity contribution in [3.63, 3.8) is 0 Å². The molecule has 0 saturated carbocycles. The highest BCUT2D eigenvalue weighted by Gasteiger charge is 2.67. The van der Waals surface area contributed by atoms with Crippen molar-refractivity contribution >= 4 is 23.7 Å². The molecular formula is C30H37N3O5. The van der Waals surface area contributed by atoms with Crippen LogP contribution in [0.15, 0.2) is 54.6 Å². The van der Waals surface area contributed by atoms with E-state index >= 15 is 0 Å². The van der Waals surface area contributed by atoms with Crippen LogP contribution in [-0.2, 0) is 31.1 Å². The normalized spacial score (nSPS) is 24.9.